The average molecular weight is 283 g/mol. The highest BCUT2D eigenvalue weighted by molar-refractivity contribution is 4.81. The molecule has 0 aliphatic rings. The molecule has 0 aromatic carbocycles. The van der Waals surface area contributed by atoms with Crippen molar-refractivity contribution in [1.29, 1.82) is 0 Å². The third-order valence-corrected chi connectivity index (χ3v) is 5.56. The van der Waals surface area contributed by atoms with Crippen LogP contribution in [0.4, 0.5) is 0 Å². The Morgan fingerprint density at radius 1 is 0.600 bits per heavy atom. The smallest absolute Gasteiger partial charge is 0.0342 e. The SMILES string of the molecule is CCC(C(C)CCC(C)C(CC)C(C)(C)C)C(C)(C)C. The molecule has 0 bridgehead atoms. The lowest BCUT2D eigenvalue weighted by Gasteiger charge is -2.38. The monoisotopic (exact) mass is 282 g/mol. The zero-order chi connectivity index (χ0) is 16.1. The van der Waals surface area contributed by atoms with Gasteiger partial charge in [0.2, 0.25) is 0 Å². The lowest BCUT2D eigenvalue weighted by Crippen LogP contribution is -2.29. The Labute approximate surface area is 130 Å². The molecule has 0 aliphatic heterocycles. The van der Waals surface area contributed by atoms with Gasteiger partial charge in [-0.25, -0.2) is 0 Å². The Morgan fingerprint density at radius 3 is 1.00 bits per heavy atom. The summed E-state index contributed by atoms with van der Waals surface area (Å²) in [6.07, 6.45) is 5.41. The van der Waals surface area contributed by atoms with E-state index in [9.17, 15) is 0 Å². The Bertz CT molecular complexity index is 222. The lowest BCUT2D eigenvalue weighted by molar-refractivity contribution is 0.121. The molecule has 0 nitrogen and oxygen atoms in total. The first kappa shape index (κ1) is 20.0. The maximum atomic E-state index is 2.48. The zero-order valence-electron chi connectivity index (χ0n) is 16.1. The van der Waals surface area contributed by atoms with Crippen molar-refractivity contribution in [3.8, 4) is 0 Å². The van der Waals surface area contributed by atoms with E-state index < -0.39 is 0 Å². The van der Waals surface area contributed by atoms with Gasteiger partial charge in [0.15, 0.2) is 0 Å². The van der Waals surface area contributed by atoms with Gasteiger partial charge >= 0.3 is 0 Å². The number of hydrogen-bond acceptors (Lipinski definition) is 0. The van der Waals surface area contributed by atoms with Crippen molar-refractivity contribution >= 4 is 0 Å². The second kappa shape index (κ2) is 7.85. The van der Waals surface area contributed by atoms with Crippen LogP contribution in [-0.2, 0) is 0 Å². The van der Waals surface area contributed by atoms with Gasteiger partial charge in [0, 0.05) is 0 Å². The van der Waals surface area contributed by atoms with E-state index in [0.29, 0.717) is 10.8 Å². The highest BCUT2D eigenvalue weighted by atomic mass is 14.4. The van der Waals surface area contributed by atoms with Crippen molar-refractivity contribution in [1.82, 2.24) is 0 Å². The molecule has 0 aromatic heterocycles. The lowest BCUT2D eigenvalue weighted by atomic mass is 9.68. The van der Waals surface area contributed by atoms with E-state index in [0.717, 1.165) is 23.7 Å². The van der Waals surface area contributed by atoms with Gasteiger partial charge in [-0.1, -0.05) is 94.9 Å². The molecule has 0 aliphatic carbocycles. The molecular weight excluding hydrogens is 240 g/mol. The molecule has 0 saturated carbocycles. The first-order valence-corrected chi connectivity index (χ1v) is 8.95. The quantitative estimate of drug-likeness (QED) is 0.464. The van der Waals surface area contributed by atoms with Gasteiger partial charge in [-0.05, 0) is 34.5 Å². The molecular formula is C20H42. The fourth-order valence-corrected chi connectivity index (χ4v) is 4.66. The van der Waals surface area contributed by atoms with Crippen molar-refractivity contribution in [2.75, 3.05) is 0 Å². The maximum Gasteiger partial charge on any atom is -0.0342 e. The van der Waals surface area contributed by atoms with Gasteiger partial charge in [0.05, 0.1) is 0 Å². The fraction of sp³-hybridized carbons (Fsp3) is 1.00. The van der Waals surface area contributed by atoms with Crippen LogP contribution in [0.5, 0.6) is 0 Å². The molecule has 0 aromatic rings. The molecule has 122 valence electrons. The van der Waals surface area contributed by atoms with Crippen LogP contribution in [0.2, 0.25) is 0 Å². The molecule has 0 N–H and O–H groups in total. The van der Waals surface area contributed by atoms with Crippen LogP contribution in [0.1, 0.15) is 94.9 Å². The normalized spacial score (nSPS) is 19.5. The second-order valence-corrected chi connectivity index (χ2v) is 9.29. The predicted molar refractivity (Wildman–Crippen MR) is 94.0 cm³/mol. The number of hydrogen-bond donors (Lipinski definition) is 0. The summed E-state index contributed by atoms with van der Waals surface area (Å²) in [4.78, 5) is 0. The molecule has 4 unspecified atom stereocenters. The van der Waals surface area contributed by atoms with Crippen LogP contribution in [0.3, 0.4) is 0 Å². The molecule has 0 heteroatoms. The van der Waals surface area contributed by atoms with E-state index in [4.69, 9.17) is 0 Å². The summed E-state index contributed by atoms with van der Waals surface area (Å²) >= 11 is 0. The van der Waals surface area contributed by atoms with Crippen LogP contribution in [-0.4, -0.2) is 0 Å². The Hall–Kier alpha value is 0. The van der Waals surface area contributed by atoms with Crippen molar-refractivity contribution < 1.29 is 0 Å². The van der Waals surface area contributed by atoms with E-state index in [1.54, 1.807) is 0 Å². The standard InChI is InChI=1S/C20H42/c1-11-17(19(5,6)7)15(3)13-14-16(4)18(12-2)20(8,9)10/h15-18H,11-14H2,1-10H3. The third kappa shape index (κ3) is 6.19. The topological polar surface area (TPSA) is 0 Å². The van der Waals surface area contributed by atoms with E-state index >= 15 is 0 Å². The fourth-order valence-electron chi connectivity index (χ4n) is 4.66. The van der Waals surface area contributed by atoms with Crippen molar-refractivity contribution in [2.24, 2.45) is 34.5 Å². The Morgan fingerprint density at radius 2 is 0.850 bits per heavy atom. The van der Waals surface area contributed by atoms with Crippen LogP contribution in [0, 0.1) is 34.5 Å². The van der Waals surface area contributed by atoms with Gasteiger partial charge in [-0.15, -0.1) is 0 Å². The summed E-state index contributed by atoms with van der Waals surface area (Å²) in [6.45, 7) is 24.1. The van der Waals surface area contributed by atoms with E-state index in [-0.39, 0.29) is 0 Å². The summed E-state index contributed by atoms with van der Waals surface area (Å²) in [5.41, 5.74) is 0.900. The molecule has 0 heterocycles. The summed E-state index contributed by atoms with van der Waals surface area (Å²) < 4.78 is 0. The summed E-state index contributed by atoms with van der Waals surface area (Å²) in [5, 5.41) is 0. The molecule has 0 saturated heterocycles. The zero-order valence-corrected chi connectivity index (χ0v) is 16.1. The predicted octanol–water partition coefficient (Wildman–Crippen LogP) is 7.18. The molecule has 0 rings (SSSR count). The molecule has 20 heavy (non-hydrogen) atoms. The van der Waals surface area contributed by atoms with Gasteiger partial charge in [0.25, 0.3) is 0 Å². The molecule has 0 radical (unpaired) electrons. The minimum Gasteiger partial charge on any atom is -0.0651 e. The molecule has 4 atom stereocenters. The van der Waals surface area contributed by atoms with Gasteiger partial charge in [-0.2, -0.15) is 0 Å². The summed E-state index contributed by atoms with van der Waals surface area (Å²) in [7, 11) is 0. The van der Waals surface area contributed by atoms with Gasteiger partial charge in [-0.3, -0.25) is 0 Å². The molecule has 0 amide bonds. The highest BCUT2D eigenvalue weighted by Gasteiger charge is 2.31. The minimum atomic E-state index is 0.450. The molecule has 0 fully saturated rings. The van der Waals surface area contributed by atoms with E-state index in [2.05, 4.69) is 69.2 Å². The first-order chi connectivity index (χ1) is 8.95. The van der Waals surface area contributed by atoms with E-state index in [1.807, 2.05) is 0 Å². The Kier molecular flexibility index (Phi) is 7.85. The van der Waals surface area contributed by atoms with Gasteiger partial charge in [0.1, 0.15) is 0 Å². The minimum absolute atomic E-state index is 0.450. The van der Waals surface area contributed by atoms with Crippen molar-refractivity contribution in [2.45, 2.75) is 94.9 Å². The maximum absolute atomic E-state index is 2.48. The third-order valence-electron chi connectivity index (χ3n) is 5.56. The number of rotatable bonds is 7. The van der Waals surface area contributed by atoms with Crippen molar-refractivity contribution in [3.05, 3.63) is 0 Å². The summed E-state index contributed by atoms with van der Waals surface area (Å²) in [5.74, 6) is 3.40. The first-order valence-electron chi connectivity index (χ1n) is 8.95. The van der Waals surface area contributed by atoms with Crippen LogP contribution >= 0.6 is 0 Å². The van der Waals surface area contributed by atoms with Crippen LogP contribution in [0.25, 0.3) is 0 Å². The molecule has 0 spiro atoms. The highest BCUT2D eigenvalue weighted by Crippen LogP contribution is 2.40. The van der Waals surface area contributed by atoms with Crippen molar-refractivity contribution in [3.63, 3.8) is 0 Å². The second-order valence-electron chi connectivity index (χ2n) is 9.29. The summed E-state index contributed by atoms with van der Waals surface area (Å²) in [6, 6.07) is 0. The Balaban J connectivity index is 4.53. The van der Waals surface area contributed by atoms with Gasteiger partial charge < -0.3 is 0 Å². The largest absolute Gasteiger partial charge is 0.0651 e. The van der Waals surface area contributed by atoms with Crippen LogP contribution in [0.15, 0.2) is 0 Å². The van der Waals surface area contributed by atoms with E-state index in [1.165, 1.54) is 25.7 Å². The average Bonchev–Trinajstić information content (AvgIpc) is 2.24. The van der Waals surface area contributed by atoms with Crippen LogP contribution < -0.4 is 0 Å².